The van der Waals surface area contributed by atoms with Gasteiger partial charge in [-0.15, -0.1) is 0 Å². The highest BCUT2D eigenvalue weighted by molar-refractivity contribution is 5.82. The molecule has 2 aliphatic rings. The van der Waals surface area contributed by atoms with E-state index in [4.69, 9.17) is 4.74 Å². The Balaban J connectivity index is 1.63. The lowest BCUT2D eigenvalue weighted by Crippen LogP contribution is -2.56. The molecule has 138 valence electrons. The summed E-state index contributed by atoms with van der Waals surface area (Å²) in [6, 6.07) is 6.22. The molecule has 1 spiro atoms. The van der Waals surface area contributed by atoms with E-state index in [9.17, 15) is 4.79 Å². The molecule has 1 aromatic rings. The van der Waals surface area contributed by atoms with E-state index in [-0.39, 0.29) is 11.4 Å². The molecule has 25 heavy (non-hydrogen) atoms. The number of methoxy groups -OCH3 is 1. The number of likely N-dealkylation sites (tertiary alicyclic amines) is 1. The first-order valence-electron chi connectivity index (χ1n) is 9.73. The summed E-state index contributed by atoms with van der Waals surface area (Å²) in [7, 11) is 1.68. The maximum Gasteiger partial charge on any atom is 0.225 e. The van der Waals surface area contributed by atoms with Crippen molar-refractivity contribution in [3.8, 4) is 5.75 Å². The second-order valence-electron chi connectivity index (χ2n) is 8.06. The summed E-state index contributed by atoms with van der Waals surface area (Å²) in [5, 5.41) is 3.32. The lowest BCUT2D eigenvalue weighted by atomic mass is 9.75. The molecule has 0 aliphatic carbocycles. The molecule has 0 atom stereocenters. The van der Waals surface area contributed by atoms with Crippen LogP contribution in [0.3, 0.4) is 0 Å². The van der Waals surface area contributed by atoms with E-state index in [0.717, 1.165) is 43.2 Å². The van der Waals surface area contributed by atoms with Gasteiger partial charge in [0.1, 0.15) is 5.75 Å². The van der Waals surface area contributed by atoms with Gasteiger partial charge >= 0.3 is 0 Å². The SMILES string of the molecule is COc1ccc2c(c1)CC(=O)NC21CCN(CCCCC(C)C)CC1. The molecule has 2 aliphatic heterocycles. The van der Waals surface area contributed by atoms with Crippen LogP contribution in [0.2, 0.25) is 0 Å². The van der Waals surface area contributed by atoms with Crippen molar-refractivity contribution in [2.45, 2.75) is 57.9 Å². The van der Waals surface area contributed by atoms with Crippen LogP contribution in [0.25, 0.3) is 0 Å². The van der Waals surface area contributed by atoms with E-state index in [0.29, 0.717) is 6.42 Å². The molecule has 0 aromatic heterocycles. The molecule has 0 radical (unpaired) electrons. The summed E-state index contributed by atoms with van der Waals surface area (Å²) in [6.45, 7) is 7.90. The fourth-order valence-electron chi connectivity index (χ4n) is 4.30. The van der Waals surface area contributed by atoms with Crippen molar-refractivity contribution < 1.29 is 9.53 Å². The average Bonchev–Trinajstić information content (AvgIpc) is 2.59. The topological polar surface area (TPSA) is 41.6 Å². The second kappa shape index (κ2) is 7.77. The maximum atomic E-state index is 12.3. The van der Waals surface area contributed by atoms with E-state index in [2.05, 4.69) is 30.1 Å². The van der Waals surface area contributed by atoms with Gasteiger partial charge in [-0.2, -0.15) is 0 Å². The first-order valence-corrected chi connectivity index (χ1v) is 9.73. The molecule has 1 saturated heterocycles. The van der Waals surface area contributed by atoms with Crippen LogP contribution in [0.1, 0.15) is 57.1 Å². The van der Waals surface area contributed by atoms with Gasteiger partial charge in [0.25, 0.3) is 0 Å². The summed E-state index contributed by atoms with van der Waals surface area (Å²) >= 11 is 0. The third kappa shape index (κ3) is 4.17. The molecule has 4 nitrogen and oxygen atoms in total. The summed E-state index contributed by atoms with van der Waals surface area (Å²) in [6.07, 6.45) is 6.39. The van der Waals surface area contributed by atoms with Gasteiger partial charge in [0.2, 0.25) is 5.91 Å². The summed E-state index contributed by atoms with van der Waals surface area (Å²) < 4.78 is 5.34. The Hall–Kier alpha value is -1.55. The minimum Gasteiger partial charge on any atom is -0.497 e. The molecule has 1 aromatic carbocycles. The van der Waals surface area contributed by atoms with Gasteiger partial charge in [-0.05, 0) is 55.0 Å². The number of carbonyl (C=O) groups excluding carboxylic acids is 1. The van der Waals surface area contributed by atoms with E-state index in [1.165, 1.54) is 31.4 Å². The van der Waals surface area contributed by atoms with Crippen molar-refractivity contribution in [2.75, 3.05) is 26.7 Å². The van der Waals surface area contributed by atoms with Gasteiger partial charge in [-0.3, -0.25) is 4.79 Å². The molecule has 0 unspecified atom stereocenters. The van der Waals surface area contributed by atoms with Crippen LogP contribution in [0.15, 0.2) is 18.2 Å². The van der Waals surface area contributed by atoms with Gasteiger partial charge < -0.3 is 15.0 Å². The Kier molecular flexibility index (Phi) is 5.67. The molecule has 0 bridgehead atoms. The number of ether oxygens (including phenoxy) is 1. The zero-order valence-corrected chi connectivity index (χ0v) is 15.9. The Labute approximate surface area is 151 Å². The number of rotatable bonds is 6. The van der Waals surface area contributed by atoms with Crippen molar-refractivity contribution in [3.63, 3.8) is 0 Å². The molecule has 0 saturated carbocycles. The van der Waals surface area contributed by atoms with Crippen LogP contribution in [0.4, 0.5) is 0 Å². The smallest absolute Gasteiger partial charge is 0.225 e. The van der Waals surface area contributed by atoms with Crippen molar-refractivity contribution in [3.05, 3.63) is 29.3 Å². The van der Waals surface area contributed by atoms with Crippen LogP contribution in [0, 0.1) is 5.92 Å². The van der Waals surface area contributed by atoms with Gasteiger partial charge in [0.15, 0.2) is 0 Å². The van der Waals surface area contributed by atoms with E-state index in [1.807, 2.05) is 12.1 Å². The number of benzene rings is 1. The Morgan fingerprint density at radius 3 is 2.68 bits per heavy atom. The number of carbonyl (C=O) groups is 1. The zero-order chi connectivity index (χ0) is 17.9. The van der Waals surface area contributed by atoms with Crippen LogP contribution in [-0.4, -0.2) is 37.6 Å². The number of fused-ring (bicyclic) bond motifs is 2. The number of nitrogens with zero attached hydrogens (tertiary/aromatic N) is 1. The minimum absolute atomic E-state index is 0.145. The van der Waals surface area contributed by atoms with E-state index < -0.39 is 0 Å². The lowest BCUT2D eigenvalue weighted by molar-refractivity contribution is -0.124. The lowest BCUT2D eigenvalue weighted by Gasteiger charge is -2.45. The number of piperidine rings is 1. The Morgan fingerprint density at radius 2 is 2.00 bits per heavy atom. The molecular weight excluding hydrogens is 312 g/mol. The van der Waals surface area contributed by atoms with E-state index in [1.54, 1.807) is 7.11 Å². The summed E-state index contributed by atoms with van der Waals surface area (Å²) in [5.41, 5.74) is 2.26. The maximum absolute atomic E-state index is 12.3. The van der Waals surface area contributed by atoms with Crippen LogP contribution < -0.4 is 10.1 Å². The zero-order valence-electron chi connectivity index (χ0n) is 15.9. The van der Waals surface area contributed by atoms with Gasteiger partial charge in [0, 0.05) is 13.1 Å². The van der Waals surface area contributed by atoms with Crippen LogP contribution in [-0.2, 0) is 16.8 Å². The number of amides is 1. The Bertz CT molecular complexity index is 604. The second-order valence-corrected chi connectivity index (χ2v) is 8.06. The fourth-order valence-corrected chi connectivity index (χ4v) is 4.30. The van der Waals surface area contributed by atoms with Gasteiger partial charge in [-0.1, -0.05) is 32.8 Å². The van der Waals surface area contributed by atoms with Crippen LogP contribution >= 0.6 is 0 Å². The molecule has 1 N–H and O–H groups in total. The number of hydrogen-bond donors (Lipinski definition) is 1. The number of hydrogen-bond acceptors (Lipinski definition) is 3. The molecule has 2 heterocycles. The Morgan fingerprint density at radius 1 is 1.24 bits per heavy atom. The van der Waals surface area contributed by atoms with Gasteiger partial charge in [0.05, 0.1) is 19.1 Å². The number of nitrogens with one attached hydrogen (secondary N) is 1. The van der Waals surface area contributed by atoms with Crippen molar-refractivity contribution >= 4 is 5.91 Å². The monoisotopic (exact) mass is 344 g/mol. The highest BCUT2D eigenvalue weighted by Gasteiger charge is 2.41. The van der Waals surface area contributed by atoms with E-state index >= 15 is 0 Å². The predicted octanol–water partition coefficient (Wildman–Crippen LogP) is 3.48. The largest absolute Gasteiger partial charge is 0.497 e. The third-order valence-electron chi connectivity index (χ3n) is 5.77. The first kappa shape index (κ1) is 18.2. The quantitative estimate of drug-likeness (QED) is 0.803. The number of unbranched alkanes of at least 4 members (excludes halogenated alkanes) is 1. The normalized spacial score (nSPS) is 19.8. The summed E-state index contributed by atoms with van der Waals surface area (Å²) in [5.74, 6) is 1.79. The molecule has 1 amide bonds. The van der Waals surface area contributed by atoms with Crippen molar-refractivity contribution in [1.82, 2.24) is 10.2 Å². The minimum atomic E-state index is -0.175. The molecule has 1 fully saturated rings. The predicted molar refractivity (Wildman–Crippen MR) is 101 cm³/mol. The third-order valence-corrected chi connectivity index (χ3v) is 5.77. The van der Waals surface area contributed by atoms with Crippen molar-refractivity contribution in [2.24, 2.45) is 5.92 Å². The molecular formula is C21H32N2O2. The van der Waals surface area contributed by atoms with Gasteiger partial charge in [-0.25, -0.2) is 0 Å². The van der Waals surface area contributed by atoms with Crippen LogP contribution in [0.5, 0.6) is 5.75 Å². The molecule has 4 heteroatoms. The highest BCUT2D eigenvalue weighted by Crippen LogP contribution is 2.39. The highest BCUT2D eigenvalue weighted by atomic mass is 16.5. The van der Waals surface area contributed by atoms with Crippen molar-refractivity contribution in [1.29, 1.82) is 0 Å². The summed E-state index contributed by atoms with van der Waals surface area (Å²) in [4.78, 5) is 14.9. The molecule has 3 rings (SSSR count). The first-order chi connectivity index (χ1) is 12.0. The average molecular weight is 344 g/mol. The fraction of sp³-hybridized carbons (Fsp3) is 0.667. The standard InChI is InChI=1S/C21H32N2O2/c1-16(2)6-4-5-11-23-12-9-21(10-13-23)19-8-7-18(25-3)14-17(19)15-20(24)22-21/h7-8,14,16H,4-6,9-13,15H2,1-3H3,(H,22,24).